The lowest BCUT2D eigenvalue weighted by atomic mass is 10.1. The number of nitrogens with zero attached hydrogens (tertiary/aromatic N) is 4. The Bertz CT molecular complexity index is 890. The van der Waals surface area contributed by atoms with Crippen molar-refractivity contribution >= 4 is 29.9 Å². The van der Waals surface area contributed by atoms with Gasteiger partial charge in [-0.25, -0.2) is 4.99 Å². The van der Waals surface area contributed by atoms with Crippen molar-refractivity contribution in [2.24, 2.45) is 12.0 Å². The van der Waals surface area contributed by atoms with Gasteiger partial charge in [0.05, 0.1) is 19.9 Å². The molecule has 8 nitrogen and oxygen atoms in total. The average molecular weight is 510 g/mol. The molecule has 0 fully saturated rings. The van der Waals surface area contributed by atoms with Crippen LogP contribution in [0.2, 0.25) is 0 Å². The van der Waals surface area contributed by atoms with E-state index < -0.39 is 0 Å². The number of aliphatic imine (C=N–C) groups is 1. The fourth-order valence-electron chi connectivity index (χ4n) is 2.61. The van der Waals surface area contributed by atoms with Crippen molar-refractivity contribution in [1.29, 1.82) is 0 Å². The molecular weight excluding hydrogens is 483 g/mol. The van der Waals surface area contributed by atoms with Gasteiger partial charge in [0.25, 0.3) is 0 Å². The van der Waals surface area contributed by atoms with Crippen LogP contribution in [0.25, 0.3) is 0 Å². The summed E-state index contributed by atoms with van der Waals surface area (Å²) in [5.41, 5.74) is 1.22. The van der Waals surface area contributed by atoms with Gasteiger partial charge in [-0.15, -0.1) is 34.2 Å². The molecule has 3 rings (SSSR count). The Hall–Kier alpha value is -2.56. The maximum Gasteiger partial charge on any atom is 0.192 e. The first-order chi connectivity index (χ1) is 13.7. The van der Waals surface area contributed by atoms with Crippen LogP contribution in [0.4, 0.5) is 0 Å². The molecule has 0 unspecified atom stereocenters. The summed E-state index contributed by atoms with van der Waals surface area (Å²) in [7, 11) is 3.61. The minimum absolute atomic E-state index is 0. The number of benzene rings is 1. The normalized spacial score (nSPS) is 11.1. The number of nitrogens with one attached hydrogen (secondary N) is 2. The number of hydrogen-bond acceptors (Lipinski definition) is 5. The van der Waals surface area contributed by atoms with Crippen LogP contribution in [0.1, 0.15) is 23.0 Å². The van der Waals surface area contributed by atoms with Crippen molar-refractivity contribution in [2.75, 3.05) is 13.7 Å². The van der Waals surface area contributed by atoms with E-state index in [1.54, 1.807) is 13.4 Å². The number of halogens is 1. The second-order valence-corrected chi connectivity index (χ2v) is 6.35. The lowest BCUT2D eigenvalue weighted by Gasteiger charge is -2.12. The van der Waals surface area contributed by atoms with E-state index in [2.05, 4.69) is 38.0 Å². The molecular formula is C20H27IN6O2. The van der Waals surface area contributed by atoms with Crippen molar-refractivity contribution in [3.05, 3.63) is 65.6 Å². The van der Waals surface area contributed by atoms with Gasteiger partial charge >= 0.3 is 0 Å². The number of hydrogen-bond donors (Lipinski definition) is 2. The van der Waals surface area contributed by atoms with Crippen LogP contribution >= 0.6 is 24.0 Å². The Balaban J connectivity index is 0.00000300. The molecule has 0 saturated heterocycles. The predicted octanol–water partition coefficient (Wildman–Crippen LogP) is 2.82. The number of rotatable bonds is 8. The SMILES string of the molecule is COc1ccc(CCNC(=NCc2nnc(C)n2C)NCc2ccco2)cc1.I. The largest absolute Gasteiger partial charge is 0.497 e. The van der Waals surface area contributed by atoms with Gasteiger partial charge in [-0.3, -0.25) is 0 Å². The summed E-state index contributed by atoms with van der Waals surface area (Å²) >= 11 is 0. The van der Waals surface area contributed by atoms with Gasteiger partial charge < -0.3 is 24.4 Å². The maximum absolute atomic E-state index is 5.38. The second kappa shape index (κ2) is 11.4. The topological polar surface area (TPSA) is 89.5 Å². The monoisotopic (exact) mass is 510 g/mol. The minimum atomic E-state index is 0. The summed E-state index contributed by atoms with van der Waals surface area (Å²) < 4.78 is 12.5. The summed E-state index contributed by atoms with van der Waals surface area (Å²) in [6.45, 7) is 3.66. The number of ether oxygens (including phenoxy) is 1. The molecule has 0 spiro atoms. The number of aromatic nitrogens is 3. The standard InChI is InChI=1S/C20H26N6O2.HI/c1-15-24-25-19(26(15)2)14-23-20(22-13-18-5-4-12-28-18)21-11-10-16-6-8-17(27-3)9-7-16;/h4-9,12H,10-11,13-14H2,1-3H3,(H2,21,22,23);1H. The first-order valence-corrected chi connectivity index (χ1v) is 9.18. The summed E-state index contributed by atoms with van der Waals surface area (Å²) in [5, 5.41) is 14.9. The maximum atomic E-state index is 5.38. The highest BCUT2D eigenvalue weighted by Crippen LogP contribution is 2.11. The van der Waals surface area contributed by atoms with E-state index >= 15 is 0 Å². The van der Waals surface area contributed by atoms with E-state index in [0.717, 1.165) is 36.1 Å². The molecule has 0 radical (unpaired) electrons. The first-order valence-electron chi connectivity index (χ1n) is 9.18. The quantitative estimate of drug-likeness (QED) is 0.275. The highest BCUT2D eigenvalue weighted by atomic mass is 127. The molecule has 2 N–H and O–H groups in total. The molecule has 2 aromatic heterocycles. The molecule has 3 aromatic rings. The van der Waals surface area contributed by atoms with E-state index in [9.17, 15) is 0 Å². The molecule has 1 aromatic carbocycles. The molecule has 0 saturated carbocycles. The Labute approximate surface area is 187 Å². The van der Waals surface area contributed by atoms with Crippen molar-refractivity contribution in [3.63, 3.8) is 0 Å². The van der Waals surface area contributed by atoms with Gasteiger partial charge in [0.15, 0.2) is 11.8 Å². The van der Waals surface area contributed by atoms with Crippen LogP contribution in [0.5, 0.6) is 5.75 Å². The van der Waals surface area contributed by atoms with Gasteiger partial charge in [0.2, 0.25) is 0 Å². The van der Waals surface area contributed by atoms with E-state index in [1.807, 2.05) is 42.8 Å². The molecule has 0 aliphatic heterocycles. The number of methoxy groups -OCH3 is 1. The fourth-order valence-corrected chi connectivity index (χ4v) is 2.61. The van der Waals surface area contributed by atoms with Gasteiger partial charge in [0, 0.05) is 13.6 Å². The summed E-state index contributed by atoms with van der Waals surface area (Å²) in [5.74, 6) is 4.08. The zero-order valence-corrected chi connectivity index (χ0v) is 19.2. The zero-order valence-electron chi connectivity index (χ0n) is 16.9. The third kappa shape index (κ3) is 6.77. The van der Waals surface area contributed by atoms with Crippen LogP contribution in [0.3, 0.4) is 0 Å². The van der Waals surface area contributed by atoms with Gasteiger partial charge in [-0.1, -0.05) is 12.1 Å². The van der Waals surface area contributed by atoms with Crippen LogP contribution in [0.15, 0.2) is 52.1 Å². The second-order valence-electron chi connectivity index (χ2n) is 6.35. The first kappa shape index (κ1) is 22.7. The van der Waals surface area contributed by atoms with E-state index in [1.165, 1.54) is 5.56 Å². The van der Waals surface area contributed by atoms with Crippen LogP contribution in [-0.4, -0.2) is 34.4 Å². The van der Waals surface area contributed by atoms with Gasteiger partial charge in [-0.05, 0) is 43.2 Å². The minimum Gasteiger partial charge on any atom is -0.497 e. The number of guanidine groups is 1. The van der Waals surface area contributed by atoms with E-state index in [0.29, 0.717) is 19.0 Å². The lowest BCUT2D eigenvalue weighted by molar-refractivity contribution is 0.414. The fraction of sp³-hybridized carbons (Fsp3) is 0.350. The van der Waals surface area contributed by atoms with E-state index in [-0.39, 0.29) is 24.0 Å². The van der Waals surface area contributed by atoms with Gasteiger partial charge in [-0.2, -0.15) is 0 Å². The molecule has 0 atom stereocenters. The Kier molecular flexibility index (Phi) is 8.97. The average Bonchev–Trinajstić information content (AvgIpc) is 3.35. The lowest BCUT2D eigenvalue weighted by Crippen LogP contribution is -2.38. The Morgan fingerprint density at radius 3 is 2.59 bits per heavy atom. The molecule has 9 heteroatoms. The summed E-state index contributed by atoms with van der Waals surface area (Å²) in [6, 6.07) is 11.9. The predicted molar refractivity (Wildman–Crippen MR) is 123 cm³/mol. The van der Waals surface area contributed by atoms with Gasteiger partial charge in [0.1, 0.15) is 23.9 Å². The number of furan rings is 1. The van der Waals surface area contributed by atoms with Crippen molar-refractivity contribution in [2.45, 2.75) is 26.4 Å². The Morgan fingerprint density at radius 2 is 1.97 bits per heavy atom. The van der Waals surface area contributed by atoms with Crippen LogP contribution in [-0.2, 0) is 26.6 Å². The number of aryl methyl sites for hydroxylation is 1. The molecule has 29 heavy (non-hydrogen) atoms. The molecule has 2 heterocycles. The van der Waals surface area contributed by atoms with Crippen molar-refractivity contribution < 1.29 is 9.15 Å². The Morgan fingerprint density at radius 1 is 1.17 bits per heavy atom. The smallest absolute Gasteiger partial charge is 0.192 e. The van der Waals surface area contributed by atoms with E-state index in [4.69, 9.17) is 9.15 Å². The summed E-state index contributed by atoms with van der Waals surface area (Å²) in [4.78, 5) is 4.64. The zero-order chi connectivity index (χ0) is 19.8. The van der Waals surface area contributed by atoms with Crippen molar-refractivity contribution in [3.8, 4) is 5.75 Å². The van der Waals surface area contributed by atoms with Crippen LogP contribution in [0, 0.1) is 6.92 Å². The van der Waals surface area contributed by atoms with Crippen LogP contribution < -0.4 is 15.4 Å². The molecule has 156 valence electrons. The third-order valence-electron chi connectivity index (χ3n) is 4.44. The molecule has 0 amide bonds. The molecule has 0 aliphatic carbocycles. The highest BCUT2D eigenvalue weighted by molar-refractivity contribution is 14.0. The highest BCUT2D eigenvalue weighted by Gasteiger charge is 2.06. The van der Waals surface area contributed by atoms with Crippen molar-refractivity contribution in [1.82, 2.24) is 25.4 Å². The summed E-state index contributed by atoms with van der Waals surface area (Å²) in [6.07, 6.45) is 2.53. The molecule has 0 bridgehead atoms. The third-order valence-corrected chi connectivity index (χ3v) is 4.44. The molecule has 0 aliphatic rings.